The summed E-state index contributed by atoms with van der Waals surface area (Å²) in [4.78, 5) is 11.5. The number of para-hydroxylation sites is 1. The fourth-order valence-corrected chi connectivity index (χ4v) is 2.53. The molecule has 1 N–H and O–H groups in total. The fraction of sp³-hybridized carbons (Fsp3) is 0.278. The van der Waals surface area contributed by atoms with Gasteiger partial charge in [-0.15, -0.1) is 11.6 Å². The first kappa shape index (κ1) is 15.7. The van der Waals surface area contributed by atoms with Crippen LogP contribution in [0.3, 0.4) is 0 Å². The Kier molecular flexibility index (Phi) is 4.72. The minimum atomic E-state index is -0.537. The fourth-order valence-electron chi connectivity index (χ4n) is 2.45. The maximum atomic E-state index is 11.5. The van der Waals surface area contributed by atoms with E-state index in [4.69, 9.17) is 21.1 Å². The van der Waals surface area contributed by atoms with Gasteiger partial charge in [0, 0.05) is 12.0 Å². The van der Waals surface area contributed by atoms with Crippen LogP contribution in [0.4, 0.5) is 0 Å². The lowest BCUT2D eigenvalue weighted by molar-refractivity contribution is -0.120. The Bertz CT molecular complexity index is 688. The average molecular weight is 332 g/mol. The molecule has 1 aliphatic rings. The number of nitrogens with one attached hydrogen (secondary N) is 1. The summed E-state index contributed by atoms with van der Waals surface area (Å²) in [7, 11) is 0. The highest BCUT2D eigenvalue weighted by molar-refractivity contribution is 6.30. The van der Waals surface area contributed by atoms with Gasteiger partial charge in [0.1, 0.15) is 28.7 Å². The largest absolute Gasteiger partial charge is 0.488 e. The van der Waals surface area contributed by atoms with E-state index >= 15 is 0 Å². The van der Waals surface area contributed by atoms with E-state index in [0.717, 1.165) is 29.2 Å². The van der Waals surface area contributed by atoms with Crippen molar-refractivity contribution in [3.63, 3.8) is 0 Å². The van der Waals surface area contributed by atoms with Crippen molar-refractivity contribution in [3.05, 3.63) is 54.1 Å². The van der Waals surface area contributed by atoms with Crippen molar-refractivity contribution in [2.75, 3.05) is 6.54 Å². The van der Waals surface area contributed by atoms with Gasteiger partial charge in [-0.3, -0.25) is 4.79 Å². The highest BCUT2D eigenvalue weighted by Crippen LogP contribution is 2.33. The lowest BCUT2D eigenvalue weighted by atomic mass is 10.1. The molecular weight excluding hydrogens is 314 g/mol. The molecule has 0 saturated heterocycles. The summed E-state index contributed by atoms with van der Waals surface area (Å²) in [5.74, 6) is 2.23. The van der Waals surface area contributed by atoms with Crippen LogP contribution in [-0.4, -0.2) is 23.9 Å². The van der Waals surface area contributed by atoms with Crippen LogP contribution < -0.4 is 14.8 Å². The minimum Gasteiger partial charge on any atom is -0.488 e. The molecule has 4 nitrogen and oxygen atoms in total. The van der Waals surface area contributed by atoms with Crippen LogP contribution in [0.15, 0.2) is 48.5 Å². The van der Waals surface area contributed by atoms with Crippen LogP contribution in [-0.2, 0) is 11.2 Å². The first-order chi connectivity index (χ1) is 11.1. The van der Waals surface area contributed by atoms with Crippen molar-refractivity contribution in [1.29, 1.82) is 0 Å². The molecule has 2 aromatic rings. The third kappa shape index (κ3) is 3.96. The topological polar surface area (TPSA) is 47.6 Å². The second-order valence-corrected chi connectivity index (χ2v) is 6.14. The molecule has 120 valence electrons. The Balaban J connectivity index is 1.61. The number of alkyl halides is 1. The lowest BCUT2D eigenvalue weighted by Gasteiger charge is -2.12. The number of amides is 1. The van der Waals surface area contributed by atoms with E-state index in [9.17, 15) is 4.79 Å². The van der Waals surface area contributed by atoms with Gasteiger partial charge in [0.05, 0.1) is 6.54 Å². The van der Waals surface area contributed by atoms with Gasteiger partial charge < -0.3 is 14.8 Å². The molecule has 2 aromatic carbocycles. The van der Waals surface area contributed by atoms with Crippen molar-refractivity contribution in [3.8, 4) is 17.2 Å². The van der Waals surface area contributed by atoms with Gasteiger partial charge in [-0.2, -0.15) is 0 Å². The summed E-state index contributed by atoms with van der Waals surface area (Å²) in [6, 6.07) is 15.4. The number of rotatable bonds is 5. The summed E-state index contributed by atoms with van der Waals surface area (Å²) < 4.78 is 11.7. The van der Waals surface area contributed by atoms with E-state index < -0.39 is 5.38 Å². The molecule has 1 amide bonds. The average Bonchev–Trinajstić information content (AvgIpc) is 2.95. The number of halogens is 1. The third-order valence-corrected chi connectivity index (χ3v) is 3.82. The number of fused-ring (bicyclic) bond motifs is 1. The Morgan fingerprint density at radius 1 is 1.30 bits per heavy atom. The zero-order valence-corrected chi connectivity index (χ0v) is 13.5. The van der Waals surface area contributed by atoms with Crippen LogP contribution in [0.25, 0.3) is 0 Å². The zero-order chi connectivity index (χ0) is 16.2. The Morgan fingerprint density at radius 3 is 2.83 bits per heavy atom. The first-order valence-corrected chi connectivity index (χ1v) is 8.00. The van der Waals surface area contributed by atoms with Crippen molar-refractivity contribution < 1.29 is 14.3 Å². The number of ether oxygens (including phenoxy) is 2. The molecule has 23 heavy (non-hydrogen) atoms. The summed E-state index contributed by atoms with van der Waals surface area (Å²) in [6.45, 7) is 2.09. The van der Waals surface area contributed by atoms with Crippen LogP contribution >= 0.6 is 11.6 Å². The molecule has 0 aliphatic carbocycles. The van der Waals surface area contributed by atoms with E-state index in [1.807, 2.05) is 48.5 Å². The van der Waals surface area contributed by atoms with Gasteiger partial charge in [0.25, 0.3) is 0 Å². The van der Waals surface area contributed by atoms with E-state index in [-0.39, 0.29) is 12.0 Å². The van der Waals surface area contributed by atoms with Crippen molar-refractivity contribution in [2.24, 2.45) is 0 Å². The molecule has 1 aliphatic heterocycles. The molecule has 0 fully saturated rings. The summed E-state index contributed by atoms with van der Waals surface area (Å²) in [5.41, 5.74) is 1.08. The van der Waals surface area contributed by atoms with Gasteiger partial charge in [0.15, 0.2) is 0 Å². The summed E-state index contributed by atoms with van der Waals surface area (Å²) in [5, 5.41) is 2.25. The highest BCUT2D eigenvalue weighted by atomic mass is 35.5. The quantitative estimate of drug-likeness (QED) is 0.853. The van der Waals surface area contributed by atoms with Crippen molar-refractivity contribution in [2.45, 2.75) is 24.8 Å². The molecular formula is C18H18ClNO3. The van der Waals surface area contributed by atoms with Gasteiger partial charge >= 0.3 is 0 Å². The Morgan fingerprint density at radius 2 is 2.09 bits per heavy atom. The van der Waals surface area contributed by atoms with Gasteiger partial charge in [-0.1, -0.05) is 18.2 Å². The second kappa shape index (κ2) is 6.92. The van der Waals surface area contributed by atoms with Crippen LogP contribution in [0.1, 0.15) is 12.5 Å². The molecule has 0 bridgehead atoms. The minimum absolute atomic E-state index is 0.0728. The van der Waals surface area contributed by atoms with E-state index in [2.05, 4.69) is 5.32 Å². The van der Waals surface area contributed by atoms with Crippen LogP contribution in [0.5, 0.6) is 17.2 Å². The molecule has 2 atom stereocenters. The van der Waals surface area contributed by atoms with E-state index in [0.29, 0.717) is 6.54 Å². The van der Waals surface area contributed by atoms with Crippen molar-refractivity contribution >= 4 is 17.5 Å². The molecule has 5 heteroatoms. The normalized spacial score (nSPS) is 17.0. The van der Waals surface area contributed by atoms with Gasteiger partial charge in [0.2, 0.25) is 5.91 Å². The smallest absolute Gasteiger partial charge is 0.237 e. The Hall–Kier alpha value is -2.20. The monoisotopic (exact) mass is 331 g/mol. The second-order valence-electron chi connectivity index (χ2n) is 5.49. The molecule has 0 saturated carbocycles. The maximum Gasteiger partial charge on any atom is 0.237 e. The highest BCUT2D eigenvalue weighted by Gasteiger charge is 2.24. The Labute approximate surface area is 140 Å². The molecule has 3 rings (SSSR count). The molecule has 0 unspecified atom stereocenters. The maximum absolute atomic E-state index is 11.5. The first-order valence-electron chi connectivity index (χ1n) is 7.56. The number of hydrogen-bond donors (Lipinski definition) is 1. The van der Waals surface area contributed by atoms with E-state index in [1.54, 1.807) is 6.92 Å². The SMILES string of the molecule is C[C@H](Cl)C(=O)NC[C@H]1Cc2cc(Oc3ccccc3)ccc2O1. The predicted octanol–water partition coefficient (Wildman–Crippen LogP) is 3.53. The van der Waals surface area contributed by atoms with Gasteiger partial charge in [-0.05, 0) is 37.3 Å². The molecule has 1 heterocycles. The third-order valence-electron chi connectivity index (χ3n) is 3.62. The van der Waals surface area contributed by atoms with Crippen LogP contribution in [0.2, 0.25) is 0 Å². The van der Waals surface area contributed by atoms with Crippen LogP contribution in [0, 0.1) is 0 Å². The number of hydrogen-bond acceptors (Lipinski definition) is 3. The predicted molar refractivity (Wildman–Crippen MR) is 89.4 cm³/mol. The standard InChI is InChI=1S/C18H18ClNO3/c1-12(19)18(21)20-11-16-10-13-9-15(7-8-17(13)23-16)22-14-5-3-2-4-6-14/h2-9,12,16H,10-11H2,1H3,(H,20,21)/t12-,16+/m0/s1. The summed E-state index contributed by atoms with van der Waals surface area (Å²) >= 11 is 5.73. The number of benzene rings is 2. The number of carbonyl (C=O) groups excluding carboxylic acids is 1. The zero-order valence-electron chi connectivity index (χ0n) is 12.8. The molecule has 0 spiro atoms. The van der Waals surface area contributed by atoms with Gasteiger partial charge in [-0.25, -0.2) is 0 Å². The van der Waals surface area contributed by atoms with Crippen molar-refractivity contribution in [1.82, 2.24) is 5.32 Å². The van der Waals surface area contributed by atoms with E-state index in [1.165, 1.54) is 0 Å². The number of carbonyl (C=O) groups is 1. The summed E-state index contributed by atoms with van der Waals surface area (Å²) in [6.07, 6.45) is 0.662. The molecule has 0 aromatic heterocycles. The molecule has 0 radical (unpaired) electrons. The lowest BCUT2D eigenvalue weighted by Crippen LogP contribution is -2.37.